The molecule has 0 radical (unpaired) electrons. The molecule has 1 spiro atoms. The summed E-state index contributed by atoms with van der Waals surface area (Å²) in [5, 5.41) is 0. The first-order valence-electron chi connectivity index (χ1n) is 7.67. The van der Waals surface area contributed by atoms with Crippen molar-refractivity contribution < 1.29 is 9.59 Å². The number of hydrogen-bond acceptors (Lipinski definition) is 2. The summed E-state index contributed by atoms with van der Waals surface area (Å²) < 4.78 is 0.894. The minimum absolute atomic E-state index is 0.0237. The van der Waals surface area contributed by atoms with E-state index in [2.05, 4.69) is 15.9 Å². The van der Waals surface area contributed by atoms with Gasteiger partial charge in [-0.2, -0.15) is 0 Å². The first-order valence-corrected chi connectivity index (χ1v) is 8.46. The molecule has 0 bridgehead atoms. The highest BCUT2D eigenvalue weighted by Gasteiger charge is 2.51. The van der Waals surface area contributed by atoms with Gasteiger partial charge in [0.05, 0.1) is 11.1 Å². The minimum Gasteiger partial charge on any atom is -0.274 e. The van der Waals surface area contributed by atoms with E-state index in [-0.39, 0.29) is 11.8 Å². The number of benzene rings is 1. The van der Waals surface area contributed by atoms with Crippen LogP contribution < -0.4 is 4.90 Å². The first kappa shape index (κ1) is 14.8. The van der Waals surface area contributed by atoms with Crippen LogP contribution in [0.3, 0.4) is 0 Å². The molecule has 1 aromatic rings. The van der Waals surface area contributed by atoms with Crippen molar-refractivity contribution in [3.8, 4) is 0 Å². The van der Waals surface area contributed by atoms with Gasteiger partial charge in [-0.05, 0) is 37.5 Å². The average Bonchev–Trinajstić information content (AvgIpc) is 2.61. The van der Waals surface area contributed by atoms with Crippen LogP contribution in [-0.2, 0) is 9.59 Å². The Hall–Kier alpha value is -1.16. The van der Waals surface area contributed by atoms with Crippen LogP contribution >= 0.6 is 15.9 Å². The lowest BCUT2D eigenvalue weighted by atomic mass is 9.79. The molecule has 1 saturated heterocycles. The van der Waals surface area contributed by atoms with Crippen molar-refractivity contribution in [3.63, 3.8) is 0 Å². The van der Waals surface area contributed by atoms with Gasteiger partial charge in [-0.3, -0.25) is 9.59 Å². The van der Waals surface area contributed by atoms with Gasteiger partial charge in [0.2, 0.25) is 11.8 Å². The highest BCUT2D eigenvalue weighted by atomic mass is 79.9. The fourth-order valence-corrected chi connectivity index (χ4v) is 4.01. The zero-order valence-corrected chi connectivity index (χ0v) is 13.9. The van der Waals surface area contributed by atoms with Crippen LogP contribution in [0.4, 0.5) is 5.69 Å². The monoisotopic (exact) mass is 349 g/mol. The van der Waals surface area contributed by atoms with E-state index in [4.69, 9.17) is 0 Å². The number of amides is 2. The van der Waals surface area contributed by atoms with Crippen molar-refractivity contribution in [2.75, 3.05) is 4.90 Å². The van der Waals surface area contributed by atoms with E-state index in [0.717, 1.165) is 41.4 Å². The Balaban J connectivity index is 1.99. The summed E-state index contributed by atoms with van der Waals surface area (Å²) in [5.74, 6) is -0.0151. The van der Waals surface area contributed by atoms with Crippen LogP contribution in [0, 0.1) is 12.3 Å². The van der Waals surface area contributed by atoms with Gasteiger partial charge in [-0.15, -0.1) is 0 Å². The molecule has 0 atom stereocenters. The molecule has 1 aromatic carbocycles. The van der Waals surface area contributed by atoms with Gasteiger partial charge in [-0.1, -0.05) is 47.7 Å². The predicted octanol–water partition coefficient (Wildman–Crippen LogP) is 4.36. The van der Waals surface area contributed by atoms with E-state index in [1.54, 1.807) is 0 Å². The zero-order chi connectivity index (χ0) is 15.0. The lowest BCUT2D eigenvalue weighted by Crippen LogP contribution is -2.36. The van der Waals surface area contributed by atoms with Crippen molar-refractivity contribution in [3.05, 3.63) is 28.2 Å². The number of hydrogen-bond donors (Lipinski definition) is 0. The van der Waals surface area contributed by atoms with Crippen molar-refractivity contribution in [2.24, 2.45) is 5.41 Å². The quantitative estimate of drug-likeness (QED) is 0.706. The van der Waals surface area contributed by atoms with Gasteiger partial charge in [0, 0.05) is 10.9 Å². The lowest BCUT2D eigenvalue weighted by Gasteiger charge is -2.25. The topological polar surface area (TPSA) is 37.4 Å². The molecule has 1 aliphatic heterocycles. The first-order chi connectivity index (χ1) is 10.0. The molecule has 3 rings (SSSR count). The van der Waals surface area contributed by atoms with Gasteiger partial charge in [0.1, 0.15) is 0 Å². The summed E-state index contributed by atoms with van der Waals surface area (Å²) in [5.41, 5.74) is 1.27. The minimum atomic E-state index is -0.428. The lowest BCUT2D eigenvalue weighted by molar-refractivity contribution is -0.126. The highest BCUT2D eigenvalue weighted by molar-refractivity contribution is 9.10. The second-order valence-corrected chi connectivity index (χ2v) is 7.25. The molecule has 1 saturated carbocycles. The molecule has 112 valence electrons. The third kappa shape index (κ3) is 2.54. The van der Waals surface area contributed by atoms with Gasteiger partial charge >= 0.3 is 0 Å². The molecule has 4 heteroatoms. The Labute approximate surface area is 133 Å². The van der Waals surface area contributed by atoms with E-state index in [1.807, 2.05) is 25.1 Å². The number of halogens is 1. The predicted molar refractivity (Wildman–Crippen MR) is 86.1 cm³/mol. The van der Waals surface area contributed by atoms with Crippen LogP contribution in [0.5, 0.6) is 0 Å². The normalized spacial score (nSPS) is 21.9. The van der Waals surface area contributed by atoms with Gasteiger partial charge in [0.15, 0.2) is 0 Å². The largest absolute Gasteiger partial charge is 0.274 e. The Morgan fingerprint density at radius 2 is 1.76 bits per heavy atom. The highest BCUT2D eigenvalue weighted by Crippen LogP contribution is 2.46. The maximum atomic E-state index is 13.0. The van der Waals surface area contributed by atoms with Crippen molar-refractivity contribution >= 4 is 33.4 Å². The van der Waals surface area contributed by atoms with Crippen molar-refractivity contribution in [2.45, 2.75) is 51.9 Å². The second-order valence-electron chi connectivity index (χ2n) is 6.34. The summed E-state index contributed by atoms with van der Waals surface area (Å²) in [6, 6.07) is 5.75. The average molecular weight is 350 g/mol. The van der Waals surface area contributed by atoms with Gasteiger partial charge < -0.3 is 0 Å². The van der Waals surface area contributed by atoms with E-state index in [0.29, 0.717) is 6.42 Å². The smallest absolute Gasteiger partial charge is 0.240 e. The molecule has 2 aliphatic rings. The van der Waals surface area contributed by atoms with E-state index < -0.39 is 5.41 Å². The molecule has 2 fully saturated rings. The van der Waals surface area contributed by atoms with Crippen LogP contribution in [0.2, 0.25) is 0 Å². The number of rotatable bonds is 1. The molecule has 0 unspecified atom stereocenters. The van der Waals surface area contributed by atoms with Crippen LogP contribution in [0.15, 0.2) is 22.7 Å². The number of anilines is 1. The molecule has 0 aromatic heterocycles. The number of nitrogens with zero attached hydrogens (tertiary/aromatic N) is 1. The molecule has 21 heavy (non-hydrogen) atoms. The Bertz CT molecular complexity index is 588. The summed E-state index contributed by atoms with van der Waals surface area (Å²) in [4.78, 5) is 27.0. The summed E-state index contributed by atoms with van der Waals surface area (Å²) >= 11 is 3.43. The van der Waals surface area contributed by atoms with Crippen LogP contribution in [0.25, 0.3) is 0 Å². The van der Waals surface area contributed by atoms with Gasteiger partial charge in [0.25, 0.3) is 0 Å². The molecular formula is C17H20BrNO2. The van der Waals surface area contributed by atoms with E-state index >= 15 is 0 Å². The molecular weight excluding hydrogens is 330 g/mol. The second kappa shape index (κ2) is 5.56. The number of aryl methyl sites for hydroxylation is 1. The third-order valence-electron chi connectivity index (χ3n) is 4.87. The Kier molecular flexibility index (Phi) is 3.91. The van der Waals surface area contributed by atoms with Gasteiger partial charge in [-0.25, -0.2) is 4.90 Å². The number of imide groups is 1. The molecule has 2 amide bonds. The standard InChI is InChI=1S/C17H20BrNO2/c1-12-6-7-13(18)10-14(12)19-15(20)11-17(16(19)21)8-4-2-3-5-9-17/h6-7,10H,2-5,8-9,11H2,1H3. The Morgan fingerprint density at radius 3 is 2.43 bits per heavy atom. The van der Waals surface area contributed by atoms with Crippen LogP contribution in [-0.4, -0.2) is 11.8 Å². The molecule has 0 N–H and O–H groups in total. The molecule has 1 aliphatic carbocycles. The van der Waals surface area contributed by atoms with Crippen LogP contribution in [0.1, 0.15) is 50.5 Å². The maximum absolute atomic E-state index is 13.0. The SMILES string of the molecule is Cc1ccc(Br)cc1N1C(=O)CC2(CCCCCC2)C1=O. The summed E-state index contributed by atoms with van der Waals surface area (Å²) in [6.45, 7) is 1.94. The maximum Gasteiger partial charge on any atom is 0.240 e. The fraction of sp³-hybridized carbons (Fsp3) is 0.529. The molecule has 1 heterocycles. The molecule has 3 nitrogen and oxygen atoms in total. The number of carbonyl (C=O) groups excluding carboxylic acids is 2. The summed E-state index contributed by atoms with van der Waals surface area (Å²) in [7, 11) is 0. The summed E-state index contributed by atoms with van der Waals surface area (Å²) in [6.07, 6.45) is 6.59. The van der Waals surface area contributed by atoms with Crippen molar-refractivity contribution in [1.82, 2.24) is 0 Å². The zero-order valence-electron chi connectivity index (χ0n) is 12.3. The van der Waals surface area contributed by atoms with E-state index in [9.17, 15) is 9.59 Å². The van der Waals surface area contributed by atoms with Crippen molar-refractivity contribution in [1.29, 1.82) is 0 Å². The number of carbonyl (C=O) groups is 2. The third-order valence-corrected chi connectivity index (χ3v) is 5.36. The van der Waals surface area contributed by atoms with E-state index in [1.165, 1.54) is 17.7 Å². The Morgan fingerprint density at radius 1 is 1.10 bits per heavy atom. The fourth-order valence-electron chi connectivity index (χ4n) is 3.66.